The van der Waals surface area contributed by atoms with E-state index in [-0.39, 0.29) is 36.1 Å². The lowest BCUT2D eigenvalue weighted by Gasteiger charge is -2.30. The van der Waals surface area contributed by atoms with Crippen LogP contribution in [0.25, 0.3) is 0 Å². The zero-order valence-electron chi connectivity index (χ0n) is 22.0. The first kappa shape index (κ1) is 29.2. The average Bonchev–Trinajstić information content (AvgIpc) is 3.68. The lowest BCUT2D eigenvalue weighted by atomic mass is 10.1. The molecule has 0 saturated carbocycles. The maximum Gasteiger partial charge on any atom is 0.251 e. The van der Waals surface area contributed by atoms with Crippen molar-refractivity contribution in [2.24, 2.45) is 0 Å². The number of ether oxygens (including phenoxy) is 1. The van der Waals surface area contributed by atoms with Crippen molar-refractivity contribution in [1.82, 2.24) is 15.5 Å². The van der Waals surface area contributed by atoms with Crippen LogP contribution in [-0.2, 0) is 19.4 Å². The third-order valence-electron chi connectivity index (χ3n) is 6.57. The van der Waals surface area contributed by atoms with Gasteiger partial charge >= 0.3 is 0 Å². The molecule has 1 aromatic rings. The minimum Gasteiger partial charge on any atom is -0.497 e. The van der Waals surface area contributed by atoms with Crippen LogP contribution in [0, 0.1) is 5.82 Å². The molecule has 2 amide bonds. The summed E-state index contributed by atoms with van der Waals surface area (Å²) in [7, 11) is -1.52. The van der Waals surface area contributed by atoms with Crippen LogP contribution in [0.3, 0.4) is 0 Å². The van der Waals surface area contributed by atoms with Crippen molar-refractivity contribution in [3.8, 4) is 0 Å². The van der Waals surface area contributed by atoms with Gasteiger partial charge in [-0.1, -0.05) is 12.7 Å². The van der Waals surface area contributed by atoms with Crippen molar-refractivity contribution in [2.45, 2.75) is 38.6 Å². The highest BCUT2D eigenvalue weighted by atomic mass is 32.2. The van der Waals surface area contributed by atoms with E-state index < -0.39 is 27.6 Å². The summed E-state index contributed by atoms with van der Waals surface area (Å²) in [5, 5.41) is 6.18. The van der Waals surface area contributed by atoms with Crippen molar-refractivity contribution >= 4 is 21.7 Å². The molecule has 2 N–H and O–H groups in total. The molecule has 206 valence electrons. The zero-order valence-corrected chi connectivity index (χ0v) is 22.8. The molecule has 0 unspecified atom stereocenters. The number of methoxy groups -OCH3 is 1. The van der Waals surface area contributed by atoms with E-state index in [9.17, 15) is 22.4 Å². The zero-order chi connectivity index (χ0) is 27.7. The van der Waals surface area contributed by atoms with Crippen molar-refractivity contribution in [3.63, 3.8) is 0 Å². The van der Waals surface area contributed by atoms with Gasteiger partial charge in [-0.3, -0.25) is 9.59 Å². The number of carbonyl (C=O) groups is 2. The smallest absolute Gasteiger partial charge is 0.251 e. The lowest BCUT2D eigenvalue weighted by molar-refractivity contribution is -0.133. The van der Waals surface area contributed by atoms with Gasteiger partial charge in [-0.15, -0.1) is 0 Å². The van der Waals surface area contributed by atoms with E-state index in [2.05, 4.69) is 17.2 Å². The highest BCUT2D eigenvalue weighted by molar-refractivity contribution is 7.91. The molecule has 10 heteroatoms. The number of nitrogens with one attached hydrogen (secondary N) is 2. The van der Waals surface area contributed by atoms with Crippen molar-refractivity contribution in [3.05, 3.63) is 83.1 Å². The van der Waals surface area contributed by atoms with Crippen molar-refractivity contribution in [2.75, 3.05) is 38.2 Å². The van der Waals surface area contributed by atoms with Gasteiger partial charge in [-0.05, 0) is 73.7 Å². The van der Waals surface area contributed by atoms with E-state index in [4.69, 9.17) is 4.74 Å². The summed E-state index contributed by atoms with van der Waals surface area (Å²) in [6.07, 6.45) is 8.37. The molecule has 0 bridgehead atoms. The van der Waals surface area contributed by atoms with E-state index in [0.29, 0.717) is 19.4 Å². The molecule has 0 aromatic heterocycles. The van der Waals surface area contributed by atoms with Crippen LogP contribution in [0.1, 0.15) is 43.0 Å². The second kappa shape index (κ2) is 13.4. The van der Waals surface area contributed by atoms with E-state index in [1.165, 1.54) is 34.7 Å². The van der Waals surface area contributed by atoms with Crippen LogP contribution >= 0.6 is 0 Å². The van der Waals surface area contributed by atoms with Crippen LogP contribution in [-0.4, -0.2) is 69.4 Å². The number of benzene rings is 1. The molecule has 0 spiro atoms. The number of halogens is 1. The van der Waals surface area contributed by atoms with Crippen molar-refractivity contribution < 1.29 is 27.1 Å². The Hall–Kier alpha value is -3.40. The van der Waals surface area contributed by atoms with Gasteiger partial charge in [0.2, 0.25) is 5.91 Å². The summed E-state index contributed by atoms with van der Waals surface area (Å²) >= 11 is 0. The van der Waals surface area contributed by atoms with Crippen LogP contribution in [0.4, 0.5) is 4.39 Å². The summed E-state index contributed by atoms with van der Waals surface area (Å²) in [5.74, 6) is -0.623. The molecule has 0 radical (unpaired) electrons. The number of carbonyl (C=O) groups excluding carboxylic acids is 2. The quantitative estimate of drug-likeness (QED) is 0.224. The van der Waals surface area contributed by atoms with Crippen LogP contribution in [0.2, 0.25) is 0 Å². The molecular formula is C28H36FN3O5S. The Balaban J connectivity index is 1.52. The number of sulfone groups is 1. The predicted octanol–water partition coefficient (Wildman–Crippen LogP) is 3.26. The van der Waals surface area contributed by atoms with E-state index in [1.54, 1.807) is 7.11 Å². The maximum atomic E-state index is 13.2. The number of rotatable bonds is 13. The average molecular weight is 546 g/mol. The second-order valence-electron chi connectivity index (χ2n) is 9.32. The van der Waals surface area contributed by atoms with E-state index in [1.807, 2.05) is 25.2 Å². The molecule has 1 saturated heterocycles. The van der Waals surface area contributed by atoms with Gasteiger partial charge in [-0.2, -0.15) is 0 Å². The van der Waals surface area contributed by atoms with Crippen molar-refractivity contribution in [1.29, 1.82) is 0 Å². The van der Waals surface area contributed by atoms with Gasteiger partial charge in [0.25, 0.3) is 5.91 Å². The molecule has 3 rings (SSSR count). The van der Waals surface area contributed by atoms with Gasteiger partial charge in [0, 0.05) is 37.3 Å². The molecule has 38 heavy (non-hydrogen) atoms. The summed E-state index contributed by atoms with van der Waals surface area (Å²) in [6.45, 7) is 6.93. The number of hydrogen-bond acceptors (Lipinski definition) is 6. The largest absolute Gasteiger partial charge is 0.497 e. The third-order valence-corrected chi connectivity index (χ3v) is 8.18. The fraction of sp³-hybridized carbons (Fsp3) is 0.429. The van der Waals surface area contributed by atoms with Gasteiger partial charge in [0.05, 0.1) is 18.6 Å². The summed E-state index contributed by atoms with van der Waals surface area (Å²) in [5.41, 5.74) is 3.50. The SMILES string of the molecule is C=C(/C=C\C(=C/C)OC)C1=C(NCCCC[C@H](NC(=O)c2ccc(F)cc2)C(=O)N2CCS(=O)(=O)CC2)C1. The molecule has 1 heterocycles. The van der Waals surface area contributed by atoms with Gasteiger partial charge in [-0.25, -0.2) is 12.8 Å². The first-order chi connectivity index (χ1) is 18.1. The molecule has 1 aliphatic carbocycles. The highest BCUT2D eigenvalue weighted by Crippen LogP contribution is 2.34. The Morgan fingerprint density at radius 2 is 1.84 bits per heavy atom. The summed E-state index contributed by atoms with van der Waals surface area (Å²) in [6, 6.07) is 4.31. The topological polar surface area (TPSA) is 105 Å². The Labute approximate surface area is 224 Å². The summed E-state index contributed by atoms with van der Waals surface area (Å²) in [4.78, 5) is 27.4. The third kappa shape index (κ3) is 8.58. The molecule has 1 aromatic carbocycles. The molecule has 1 aliphatic heterocycles. The number of amides is 2. The Morgan fingerprint density at radius 1 is 1.16 bits per heavy atom. The first-order valence-corrected chi connectivity index (χ1v) is 14.5. The molecule has 1 atom stereocenters. The van der Waals surface area contributed by atoms with Crippen LogP contribution in [0.5, 0.6) is 0 Å². The highest BCUT2D eigenvalue weighted by Gasteiger charge is 2.31. The van der Waals surface area contributed by atoms with Gasteiger partial charge < -0.3 is 20.3 Å². The predicted molar refractivity (Wildman–Crippen MR) is 145 cm³/mol. The minimum absolute atomic E-state index is 0.0826. The van der Waals surface area contributed by atoms with Crippen LogP contribution < -0.4 is 10.6 Å². The minimum atomic E-state index is -3.14. The van der Waals surface area contributed by atoms with Crippen LogP contribution in [0.15, 0.2) is 71.7 Å². The molecule has 2 aliphatic rings. The van der Waals surface area contributed by atoms with Gasteiger partial charge in [0.1, 0.15) is 17.6 Å². The Bertz CT molecular complexity index is 1220. The number of hydrogen-bond donors (Lipinski definition) is 2. The van der Waals surface area contributed by atoms with E-state index >= 15 is 0 Å². The molecule has 1 fully saturated rings. The molecular weight excluding hydrogens is 509 g/mol. The fourth-order valence-electron chi connectivity index (χ4n) is 4.14. The fourth-order valence-corrected chi connectivity index (χ4v) is 5.34. The molecule has 8 nitrogen and oxygen atoms in total. The maximum absolute atomic E-state index is 13.2. The standard InChI is InChI=1S/C28H36FN3O5S/c1-4-23(37-3)13-8-20(2)24-19-26(24)30-14-6-5-7-25(28(34)32-15-17-38(35,36)18-16-32)31-27(33)21-9-11-22(29)12-10-21/h4,8-13,25,30H,2,5-7,14-19H2,1,3H3,(H,31,33)/b13-8-,23-4+/t25-/m0/s1. The number of allylic oxidation sites excluding steroid dienone is 6. The Morgan fingerprint density at radius 3 is 2.47 bits per heavy atom. The first-order valence-electron chi connectivity index (χ1n) is 12.7. The monoisotopic (exact) mass is 545 g/mol. The number of unbranched alkanes of at least 4 members (excludes halogenated alkanes) is 1. The van der Waals surface area contributed by atoms with Gasteiger partial charge in [0.15, 0.2) is 9.84 Å². The Kier molecular flexibility index (Phi) is 10.3. The normalized spacial score (nSPS) is 17.8. The lowest BCUT2D eigenvalue weighted by Crippen LogP contribution is -2.52. The van der Waals surface area contributed by atoms with E-state index in [0.717, 1.165) is 29.9 Å². The second-order valence-corrected chi connectivity index (χ2v) is 11.6. The number of nitrogens with zero attached hydrogens (tertiary/aromatic N) is 1. The summed E-state index contributed by atoms with van der Waals surface area (Å²) < 4.78 is 42.0.